The Bertz CT molecular complexity index is 513. The number of aliphatic hydroxyl groups is 1. The quantitative estimate of drug-likeness (QED) is 0.743. The van der Waals surface area contributed by atoms with Gasteiger partial charge >= 0.3 is 0 Å². The molecule has 2 rings (SSSR count). The zero-order valence-electron chi connectivity index (χ0n) is 12.1. The minimum absolute atomic E-state index is 0.249. The van der Waals surface area contributed by atoms with Crippen molar-refractivity contribution in [2.45, 2.75) is 19.6 Å². The highest BCUT2D eigenvalue weighted by Gasteiger charge is 2.05. The fourth-order valence-electron chi connectivity index (χ4n) is 1.85. The zero-order chi connectivity index (χ0) is 14.9. The van der Waals surface area contributed by atoms with Gasteiger partial charge in [0.15, 0.2) is 0 Å². The van der Waals surface area contributed by atoms with Gasteiger partial charge in [-0.25, -0.2) is 0 Å². The van der Waals surface area contributed by atoms with E-state index in [2.05, 4.69) is 5.32 Å². The molecule has 0 aliphatic rings. The van der Waals surface area contributed by atoms with Crippen molar-refractivity contribution in [1.29, 1.82) is 0 Å². The van der Waals surface area contributed by atoms with Crippen LogP contribution in [0, 0.1) is 0 Å². The average molecular weight is 291 g/mol. The number of aliphatic hydroxyl groups excluding tert-OH is 1. The molecule has 0 bridgehead atoms. The lowest BCUT2D eigenvalue weighted by molar-refractivity contribution is 0.0282. The van der Waals surface area contributed by atoms with Crippen molar-refractivity contribution >= 4 is 5.69 Å². The number of rotatable bonds is 9. The second kappa shape index (κ2) is 8.34. The highest BCUT2D eigenvalue weighted by Crippen LogP contribution is 2.17. The van der Waals surface area contributed by atoms with E-state index in [1.165, 1.54) is 0 Å². The molecule has 0 amide bonds. The summed E-state index contributed by atoms with van der Waals surface area (Å²) in [5, 5.41) is 13.0. The summed E-state index contributed by atoms with van der Waals surface area (Å²) in [7, 11) is 0. The lowest BCUT2D eigenvalue weighted by atomic mass is 10.3. The summed E-state index contributed by atoms with van der Waals surface area (Å²) in [4.78, 5) is 0. The van der Waals surface area contributed by atoms with Gasteiger partial charge < -0.3 is 24.3 Å². The predicted molar refractivity (Wildman–Crippen MR) is 80.5 cm³/mol. The second-order valence-corrected chi connectivity index (χ2v) is 4.59. The van der Waals surface area contributed by atoms with Crippen LogP contribution in [0.15, 0.2) is 47.1 Å². The maximum Gasteiger partial charge on any atom is 0.129 e. The monoisotopic (exact) mass is 291 g/mol. The van der Waals surface area contributed by atoms with Crippen molar-refractivity contribution in [3.8, 4) is 5.75 Å². The first-order valence-electron chi connectivity index (χ1n) is 7.03. The van der Waals surface area contributed by atoms with Gasteiger partial charge in [0.1, 0.15) is 18.1 Å². The third kappa shape index (κ3) is 5.49. The average Bonchev–Trinajstić information content (AvgIpc) is 2.99. The van der Waals surface area contributed by atoms with Gasteiger partial charge in [-0.1, -0.05) is 6.07 Å². The van der Waals surface area contributed by atoms with Crippen LogP contribution < -0.4 is 10.1 Å². The van der Waals surface area contributed by atoms with Crippen molar-refractivity contribution in [2.24, 2.45) is 0 Å². The summed E-state index contributed by atoms with van der Waals surface area (Å²) in [6.45, 7) is 3.60. The van der Waals surface area contributed by atoms with E-state index in [0.717, 1.165) is 17.2 Å². The summed E-state index contributed by atoms with van der Waals surface area (Å²) in [5.41, 5.74) is 0.908. The molecular weight excluding hydrogens is 270 g/mol. The summed E-state index contributed by atoms with van der Waals surface area (Å²) < 4.78 is 15.9. The number of ether oxygens (including phenoxy) is 2. The van der Waals surface area contributed by atoms with E-state index in [1.54, 1.807) is 6.26 Å². The topological polar surface area (TPSA) is 63.9 Å². The first-order valence-corrected chi connectivity index (χ1v) is 7.03. The molecule has 1 unspecified atom stereocenters. The molecule has 2 N–H and O–H groups in total. The van der Waals surface area contributed by atoms with Crippen LogP contribution in [0.25, 0.3) is 0 Å². The fraction of sp³-hybridized carbons (Fsp3) is 0.375. The Labute approximate surface area is 124 Å². The number of furan rings is 1. The van der Waals surface area contributed by atoms with E-state index >= 15 is 0 Å². The van der Waals surface area contributed by atoms with E-state index in [0.29, 0.717) is 19.8 Å². The van der Waals surface area contributed by atoms with E-state index in [1.807, 2.05) is 43.3 Å². The molecule has 0 aliphatic heterocycles. The number of hydrogen-bond donors (Lipinski definition) is 2. The molecule has 1 aromatic carbocycles. The van der Waals surface area contributed by atoms with Crippen LogP contribution >= 0.6 is 0 Å². The maximum atomic E-state index is 9.86. The molecule has 0 aliphatic carbocycles. The third-order valence-corrected chi connectivity index (χ3v) is 2.82. The minimum Gasteiger partial charge on any atom is -0.494 e. The highest BCUT2D eigenvalue weighted by molar-refractivity contribution is 5.48. The zero-order valence-corrected chi connectivity index (χ0v) is 12.1. The SMILES string of the molecule is CCOc1cccc(NCC(O)COCc2ccco2)c1. The second-order valence-electron chi connectivity index (χ2n) is 4.59. The maximum absolute atomic E-state index is 9.86. The van der Waals surface area contributed by atoms with Gasteiger partial charge in [-0.05, 0) is 31.2 Å². The molecule has 2 aromatic rings. The molecule has 0 spiro atoms. The standard InChI is InChI=1S/C16H21NO4/c1-2-20-15-6-3-5-13(9-15)17-10-14(18)11-19-12-16-7-4-8-21-16/h3-9,14,17-18H,2,10-12H2,1H3. The van der Waals surface area contributed by atoms with Crippen LogP contribution in [-0.4, -0.2) is 31.0 Å². The van der Waals surface area contributed by atoms with Crippen LogP contribution in [0.5, 0.6) is 5.75 Å². The van der Waals surface area contributed by atoms with Crippen LogP contribution in [0.2, 0.25) is 0 Å². The van der Waals surface area contributed by atoms with Crippen molar-refractivity contribution in [1.82, 2.24) is 0 Å². The normalized spacial score (nSPS) is 12.1. The van der Waals surface area contributed by atoms with E-state index in [-0.39, 0.29) is 6.61 Å². The smallest absolute Gasteiger partial charge is 0.129 e. The summed E-state index contributed by atoms with van der Waals surface area (Å²) >= 11 is 0. The number of hydrogen-bond acceptors (Lipinski definition) is 5. The van der Waals surface area contributed by atoms with Gasteiger partial charge in [-0.3, -0.25) is 0 Å². The molecule has 0 saturated heterocycles. The van der Waals surface area contributed by atoms with Crippen LogP contribution in [0.3, 0.4) is 0 Å². The molecule has 5 heteroatoms. The Hall–Kier alpha value is -1.98. The molecule has 1 atom stereocenters. The lowest BCUT2D eigenvalue weighted by Crippen LogP contribution is -2.24. The third-order valence-electron chi connectivity index (χ3n) is 2.82. The molecule has 0 saturated carbocycles. The van der Waals surface area contributed by atoms with Crippen molar-refractivity contribution in [3.05, 3.63) is 48.4 Å². The molecule has 21 heavy (non-hydrogen) atoms. The Balaban J connectivity index is 1.68. The molecular formula is C16H21NO4. The van der Waals surface area contributed by atoms with Crippen molar-refractivity contribution in [3.63, 3.8) is 0 Å². The number of benzene rings is 1. The van der Waals surface area contributed by atoms with E-state index < -0.39 is 6.10 Å². The highest BCUT2D eigenvalue weighted by atomic mass is 16.5. The van der Waals surface area contributed by atoms with Gasteiger partial charge in [0.2, 0.25) is 0 Å². The summed E-state index contributed by atoms with van der Waals surface area (Å²) in [5.74, 6) is 1.56. The predicted octanol–water partition coefficient (Wildman–Crippen LogP) is 2.67. The van der Waals surface area contributed by atoms with Gasteiger partial charge in [0, 0.05) is 18.3 Å². The molecule has 1 aromatic heterocycles. The Morgan fingerprint density at radius 3 is 2.95 bits per heavy atom. The lowest BCUT2D eigenvalue weighted by Gasteiger charge is -2.13. The van der Waals surface area contributed by atoms with Crippen LogP contribution in [0.1, 0.15) is 12.7 Å². The Morgan fingerprint density at radius 2 is 2.19 bits per heavy atom. The van der Waals surface area contributed by atoms with Crippen LogP contribution in [0.4, 0.5) is 5.69 Å². The van der Waals surface area contributed by atoms with Crippen molar-refractivity contribution in [2.75, 3.05) is 25.1 Å². The Morgan fingerprint density at radius 1 is 1.29 bits per heavy atom. The van der Waals surface area contributed by atoms with Gasteiger partial charge in [0.05, 0.1) is 25.6 Å². The largest absolute Gasteiger partial charge is 0.494 e. The first-order chi connectivity index (χ1) is 10.3. The summed E-state index contributed by atoms with van der Waals surface area (Å²) in [6.07, 6.45) is 1.01. The van der Waals surface area contributed by atoms with Gasteiger partial charge in [-0.15, -0.1) is 0 Å². The Kier molecular flexibility index (Phi) is 6.12. The number of nitrogens with one attached hydrogen (secondary N) is 1. The number of anilines is 1. The summed E-state index contributed by atoms with van der Waals surface area (Å²) in [6, 6.07) is 11.3. The first kappa shape index (κ1) is 15.4. The molecule has 0 fully saturated rings. The van der Waals surface area contributed by atoms with Gasteiger partial charge in [-0.2, -0.15) is 0 Å². The van der Waals surface area contributed by atoms with E-state index in [4.69, 9.17) is 13.9 Å². The van der Waals surface area contributed by atoms with Crippen LogP contribution in [-0.2, 0) is 11.3 Å². The molecule has 0 radical (unpaired) electrons. The van der Waals surface area contributed by atoms with E-state index in [9.17, 15) is 5.11 Å². The molecule has 5 nitrogen and oxygen atoms in total. The minimum atomic E-state index is -0.587. The van der Waals surface area contributed by atoms with Crippen molar-refractivity contribution < 1.29 is 19.0 Å². The molecule has 114 valence electrons. The fourth-order valence-corrected chi connectivity index (χ4v) is 1.85. The van der Waals surface area contributed by atoms with Gasteiger partial charge in [0.25, 0.3) is 0 Å². The molecule has 1 heterocycles.